The zero-order valence-electron chi connectivity index (χ0n) is 10.1. The molecule has 0 atom stereocenters. The van der Waals surface area contributed by atoms with Crippen molar-refractivity contribution in [1.29, 1.82) is 0 Å². The third-order valence-electron chi connectivity index (χ3n) is 2.82. The molecule has 103 valence electrons. The summed E-state index contributed by atoms with van der Waals surface area (Å²) in [5.41, 5.74) is 0.291. The van der Waals surface area contributed by atoms with Crippen LogP contribution in [0.3, 0.4) is 0 Å². The Morgan fingerprint density at radius 3 is 2.63 bits per heavy atom. The molecule has 3 nitrogen and oxygen atoms in total. The van der Waals surface area contributed by atoms with Crippen molar-refractivity contribution in [3.05, 3.63) is 29.8 Å². The summed E-state index contributed by atoms with van der Waals surface area (Å²) in [7, 11) is 0. The average molecular weight is 272 g/mol. The average Bonchev–Trinajstić information content (AvgIpc) is 2.26. The van der Waals surface area contributed by atoms with Gasteiger partial charge in [-0.1, -0.05) is 29.8 Å². The number of rotatable bonds is 5. The number of hydrogen-bond acceptors (Lipinski definition) is 3. The van der Waals surface area contributed by atoms with Gasteiger partial charge < -0.3 is 9.57 Å². The minimum Gasteiger partial charge on any atom is -0.405 e. The number of hydrogen-bond donors (Lipinski definition) is 0. The van der Waals surface area contributed by atoms with Crippen LogP contribution in [0.2, 0.25) is 0 Å². The van der Waals surface area contributed by atoms with Crippen molar-refractivity contribution >= 4 is 6.21 Å². The van der Waals surface area contributed by atoms with E-state index < -0.39 is 6.36 Å². The van der Waals surface area contributed by atoms with Crippen LogP contribution in [0.15, 0.2) is 29.4 Å². The van der Waals surface area contributed by atoms with E-state index in [0.29, 0.717) is 11.5 Å². The molecule has 0 saturated heterocycles. The summed E-state index contributed by atoms with van der Waals surface area (Å²) < 4.78 is 40.4. The Morgan fingerprint density at radius 1 is 1.26 bits per heavy atom. The van der Waals surface area contributed by atoms with E-state index in [4.69, 9.17) is 4.84 Å². The second-order valence-corrected chi connectivity index (χ2v) is 4.28. The van der Waals surface area contributed by atoms with Crippen LogP contribution in [0, 0.1) is 5.92 Å². The molecule has 0 bridgehead atoms. The Hall–Kier alpha value is -1.72. The Morgan fingerprint density at radius 2 is 2.00 bits per heavy atom. The van der Waals surface area contributed by atoms with Gasteiger partial charge in [0.2, 0.25) is 0 Å². The van der Waals surface area contributed by atoms with Crippen LogP contribution in [-0.2, 0) is 11.4 Å². The van der Waals surface area contributed by atoms with Crippen molar-refractivity contribution in [3.63, 3.8) is 0 Å². The van der Waals surface area contributed by atoms with E-state index in [0.717, 1.165) is 19.3 Å². The molecule has 0 spiro atoms. The fourth-order valence-electron chi connectivity index (χ4n) is 1.60. The normalized spacial score (nSPS) is 16.4. The number of ether oxygens (including phenoxy) is 1. The molecule has 2 rings (SSSR count). The van der Waals surface area contributed by atoms with E-state index in [1.54, 1.807) is 6.07 Å². The third-order valence-corrected chi connectivity index (χ3v) is 2.82. The predicted octanol–water partition coefficient (Wildman–Crippen LogP) is 3.76. The van der Waals surface area contributed by atoms with Crippen LogP contribution in [0.4, 0.5) is 13.2 Å². The molecule has 0 amide bonds. The van der Waals surface area contributed by atoms with Gasteiger partial charge in [-0.05, 0) is 18.9 Å². The van der Waals surface area contributed by atoms with E-state index in [1.807, 2.05) is 0 Å². The lowest BCUT2D eigenvalue weighted by molar-refractivity contribution is -0.275. The Bertz CT molecular complexity index is 442. The Balaban J connectivity index is 1.89. The van der Waals surface area contributed by atoms with Crippen LogP contribution in [-0.4, -0.2) is 12.6 Å². The van der Waals surface area contributed by atoms with Gasteiger partial charge in [0.05, 0.1) is 0 Å². The molecular formula is C13H13F3NO2. The minimum atomic E-state index is -4.71. The number of alkyl halides is 3. The van der Waals surface area contributed by atoms with Gasteiger partial charge >= 0.3 is 6.36 Å². The third kappa shape index (κ3) is 4.46. The monoisotopic (exact) mass is 272 g/mol. The summed E-state index contributed by atoms with van der Waals surface area (Å²) in [6.45, 7) is -0.0774. The van der Waals surface area contributed by atoms with Crippen molar-refractivity contribution < 1.29 is 22.7 Å². The highest BCUT2D eigenvalue weighted by Gasteiger charge is 2.32. The van der Waals surface area contributed by atoms with Gasteiger partial charge in [-0.3, -0.25) is 0 Å². The highest BCUT2D eigenvalue weighted by atomic mass is 19.4. The number of nitrogens with zero attached hydrogens (tertiary/aromatic N) is 1. The van der Waals surface area contributed by atoms with E-state index in [2.05, 4.69) is 16.1 Å². The van der Waals surface area contributed by atoms with Gasteiger partial charge in [0.15, 0.2) is 0 Å². The second-order valence-electron chi connectivity index (χ2n) is 4.28. The zero-order valence-corrected chi connectivity index (χ0v) is 10.1. The first-order valence-corrected chi connectivity index (χ1v) is 5.96. The molecule has 1 aromatic carbocycles. The smallest absolute Gasteiger partial charge is 0.405 e. The highest BCUT2D eigenvalue weighted by Crippen LogP contribution is 2.27. The number of halogens is 3. The zero-order chi connectivity index (χ0) is 13.7. The summed E-state index contributed by atoms with van der Waals surface area (Å²) in [5, 5.41) is 3.64. The second kappa shape index (κ2) is 5.95. The van der Waals surface area contributed by atoms with Gasteiger partial charge in [0.25, 0.3) is 0 Å². The first kappa shape index (κ1) is 13.7. The van der Waals surface area contributed by atoms with Crippen LogP contribution in [0.25, 0.3) is 0 Å². The fourth-order valence-corrected chi connectivity index (χ4v) is 1.60. The van der Waals surface area contributed by atoms with E-state index in [1.165, 1.54) is 18.2 Å². The maximum absolute atomic E-state index is 12.2. The topological polar surface area (TPSA) is 30.8 Å². The first-order valence-electron chi connectivity index (χ1n) is 5.96. The molecule has 0 heterocycles. The molecule has 1 fully saturated rings. The maximum Gasteiger partial charge on any atom is 0.573 e. The van der Waals surface area contributed by atoms with Crippen LogP contribution in [0.1, 0.15) is 24.8 Å². The molecule has 1 radical (unpaired) electrons. The molecule has 0 aromatic heterocycles. The van der Waals surface area contributed by atoms with Crippen molar-refractivity contribution in [3.8, 4) is 5.75 Å². The van der Waals surface area contributed by atoms with Crippen LogP contribution >= 0.6 is 0 Å². The lowest BCUT2D eigenvalue weighted by atomic mass is 9.87. The molecule has 1 saturated carbocycles. The van der Waals surface area contributed by atoms with Gasteiger partial charge in [0.1, 0.15) is 18.6 Å². The van der Waals surface area contributed by atoms with Crippen molar-refractivity contribution in [1.82, 2.24) is 0 Å². The van der Waals surface area contributed by atoms with Crippen LogP contribution in [0.5, 0.6) is 5.75 Å². The molecule has 0 aliphatic heterocycles. The van der Waals surface area contributed by atoms with E-state index in [9.17, 15) is 13.2 Å². The van der Waals surface area contributed by atoms with Gasteiger partial charge in [0, 0.05) is 11.5 Å². The highest BCUT2D eigenvalue weighted by molar-refractivity contribution is 5.60. The summed E-state index contributed by atoms with van der Waals surface area (Å²) in [6.07, 6.45) is 1.33. The SMILES string of the molecule is FC(F)(F)Oc1ccccc1CO/N=[C]\C1CCC1. The van der Waals surface area contributed by atoms with Crippen molar-refractivity contribution in [2.75, 3.05) is 0 Å². The van der Waals surface area contributed by atoms with Crippen LogP contribution < -0.4 is 4.74 Å². The summed E-state index contributed by atoms with van der Waals surface area (Å²) in [4.78, 5) is 4.95. The van der Waals surface area contributed by atoms with Gasteiger partial charge in [-0.25, -0.2) is 0 Å². The number of para-hydroxylation sites is 1. The molecule has 6 heteroatoms. The lowest BCUT2D eigenvalue weighted by Gasteiger charge is -2.19. The van der Waals surface area contributed by atoms with E-state index in [-0.39, 0.29) is 12.4 Å². The minimum absolute atomic E-state index is 0.0774. The molecule has 1 aromatic rings. The quantitative estimate of drug-likeness (QED) is 0.603. The maximum atomic E-state index is 12.2. The van der Waals surface area contributed by atoms with Crippen molar-refractivity contribution in [2.45, 2.75) is 32.2 Å². The molecular weight excluding hydrogens is 259 g/mol. The van der Waals surface area contributed by atoms with Crippen molar-refractivity contribution in [2.24, 2.45) is 11.1 Å². The Kier molecular flexibility index (Phi) is 4.29. The number of benzene rings is 1. The Labute approximate surface area is 109 Å². The fraction of sp³-hybridized carbons (Fsp3) is 0.462. The summed E-state index contributed by atoms with van der Waals surface area (Å²) in [6, 6.07) is 5.82. The standard InChI is InChI=1S/C13H13F3NO2/c14-13(15,16)19-12-7-2-1-6-11(12)9-18-17-8-10-4-3-5-10/h1-2,6-7,10H,3-5,9H2. The largest absolute Gasteiger partial charge is 0.573 e. The molecule has 0 unspecified atom stereocenters. The van der Waals surface area contributed by atoms with Gasteiger partial charge in [-0.2, -0.15) is 0 Å². The lowest BCUT2D eigenvalue weighted by Crippen LogP contribution is -2.18. The molecule has 19 heavy (non-hydrogen) atoms. The first-order chi connectivity index (χ1) is 9.04. The molecule has 1 aliphatic carbocycles. The molecule has 0 N–H and O–H groups in total. The predicted molar refractivity (Wildman–Crippen MR) is 62.7 cm³/mol. The summed E-state index contributed by atoms with van der Waals surface area (Å²) in [5.74, 6) is 0.0514. The molecule has 1 aliphatic rings. The summed E-state index contributed by atoms with van der Waals surface area (Å²) >= 11 is 0. The van der Waals surface area contributed by atoms with Gasteiger partial charge in [-0.15, -0.1) is 13.2 Å². The van der Waals surface area contributed by atoms with E-state index >= 15 is 0 Å².